The lowest BCUT2D eigenvalue weighted by molar-refractivity contribution is 0.669. The Morgan fingerprint density at radius 3 is 2.33 bits per heavy atom. The summed E-state index contributed by atoms with van der Waals surface area (Å²) >= 11 is 0. The molecule has 2 heterocycles. The number of fused-ring (bicyclic) bond motifs is 6. The van der Waals surface area contributed by atoms with Crippen molar-refractivity contribution in [2.45, 2.75) is 12.8 Å². The molecule has 39 heavy (non-hydrogen) atoms. The Morgan fingerprint density at radius 2 is 1.38 bits per heavy atom. The molecule has 0 unspecified atom stereocenters. The molecule has 1 aliphatic rings. The Labute approximate surface area is 226 Å². The highest BCUT2D eigenvalue weighted by Gasteiger charge is 2.18. The topological polar surface area (TPSA) is 30.1 Å². The maximum Gasteiger partial charge on any atom is 0.136 e. The molecular formula is C36H26N2O. The highest BCUT2D eigenvalue weighted by Crippen LogP contribution is 2.36. The number of para-hydroxylation sites is 2. The number of aromatic nitrogens is 1. The molecule has 0 saturated carbocycles. The molecule has 0 amide bonds. The third kappa shape index (κ3) is 3.66. The summed E-state index contributed by atoms with van der Waals surface area (Å²) in [6, 6.07) is 40.7. The summed E-state index contributed by atoms with van der Waals surface area (Å²) in [6.45, 7) is 0. The zero-order valence-electron chi connectivity index (χ0n) is 21.4. The second kappa shape index (κ2) is 8.78. The lowest BCUT2D eigenvalue weighted by Gasteiger charge is -2.15. The Morgan fingerprint density at radius 1 is 0.615 bits per heavy atom. The monoisotopic (exact) mass is 502 g/mol. The average molecular weight is 503 g/mol. The van der Waals surface area contributed by atoms with Gasteiger partial charge in [0.05, 0.1) is 5.52 Å². The van der Waals surface area contributed by atoms with Crippen LogP contribution in [0.5, 0.6) is 0 Å². The van der Waals surface area contributed by atoms with Crippen LogP contribution < -0.4 is 5.32 Å². The Balaban J connectivity index is 1.15. The van der Waals surface area contributed by atoms with Crippen molar-refractivity contribution in [3.8, 4) is 16.8 Å². The lowest BCUT2D eigenvalue weighted by Crippen LogP contribution is -2.03. The van der Waals surface area contributed by atoms with Crippen LogP contribution in [-0.2, 0) is 6.42 Å². The average Bonchev–Trinajstić information content (AvgIpc) is 3.53. The van der Waals surface area contributed by atoms with Crippen LogP contribution in [0.15, 0.2) is 126 Å². The maximum absolute atomic E-state index is 6.14. The predicted octanol–water partition coefficient (Wildman–Crippen LogP) is 9.90. The van der Waals surface area contributed by atoms with Crippen LogP contribution >= 0.6 is 0 Å². The lowest BCUT2D eigenvalue weighted by atomic mass is 10.0. The van der Waals surface area contributed by atoms with Crippen LogP contribution in [0.2, 0.25) is 0 Å². The van der Waals surface area contributed by atoms with Crippen molar-refractivity contribution in [3.05, 3.63) is 133 Å². The van der Waals surface area contributed by atoms with Crippen LogP contribution in [0.1, 0.15) is 17.7 Å². The molecule has 0 atom stereocenters. The van der Waals surface area contributed by atoms with E-state index in [1.807, 2.05) is 12.1 Å². The van der Waals surface area contributed by atoms with Crippen molar-refractivity contribution in [3.63, 3.8) is 0 Å². The van der Waals surface area contributed by atoms with E-state index >= 15 is 0 Å². The largest absolute Gasteiger partial charge is 0.456 e. The first-order valence-electron chi connectivity index (χ1n) is 13.5. The van der Waals surface area contributed by atoms with Crippen LogP contribution in [0, 0.1) is 0 Å². The van der Waals surface area contributed by atoms with Gasteiger partial charge < -0.3 is 14.3 Å². The van der Waals surface area contributed by atoms with Gasteiger partial charge in [-0.05, 0) is 78.6 Å². The standard InChI is InChI=1S/C36H26N2O/c1-4-16-33-29(13-1)30-14-2-5-17-34(30)38(33)28-12-8-11-27(23-28)37-26-10-7-9-24(21-26)25-19-20-32-31-15-3-6-18-35(31)39-36(32)22-25/h1-4,6-16,18-23,37H,5,17H2. The summed E-state index contributed by atoms with van der Waals surface area (Å²) in [5.74, 6) is 0. The van der Waals surface area contributed by atoms with Crippen molar-refractivity contribution in [1.29, 1.82) is 0 Å². The second-order valence-electron chi connectivity index (χ2n) is 10.2. The molecule has 3 nitrogen and oxygen atoms in total. The molecule has 0 bridgehead atoms. The molecule has 0 fully saturated rings. The Kier molecular flexibility index (Phi) is 4.95. The fourth-order valence-electron chi connectivity index (χ4n) is 6.04. The molecule has 1 N–H and O–H groups in total. The molecule has 3 heteroatoms. The summed E-state index contributed by atoms with van der Waals surface area (Å²) in [5.41, 5.74) is 11.4. The number of anilines is 2. The molecule has 0 saturated heterocycles. The summed E-state index contributed by atoms with van der Waals surface area (Å²) < 4.78 is 8.57. The van der Waals surface area contributed by atoms with E-state index in [0.717, 1.165) is 57.3 Å². The van der Waals surface area contributed by atoms with Gasteiger partial charge in [-0.1, -0.05) is 72.8 Å². The highest BCUT2D eigenvalue weighted by atomic mass is 16.3. The van der Waals surface area contributed by atoms with E-state index in [1.165, 1.54) is 27.8 Å². The fourth-order valence-corrected chi connectivity index (χ4v) is 6.04. The van der Waals surface area contributed by atoms with Gasteiger partial charge >= 0.3 is 0 Å². The van der Waals surface area contributed by atoms with Crippen molar-refractivity contribution in [2.75, 3.05) is 5.32 Å². The summed E-state index contributed by atoms with van der Waals surface area (Å²) in [7, 11) is 0. The third-order valence-corrected chi connectivity index (χ3v) is 7.82. The number of nitrogens with one attached hydrogen (secondary N) is 1. The number of hydrogen-bond acceptors (Lipinski definition) is 2. The van der Waals surface area contributed by atoms with Gasteiger partial charge in [0.2, 0.25) is 0 Å². The zero-order valence-corrected chi connectivity index (χ0v) is 21.4. The van der Waals surface area contributed by atoms with Crippen LogP contribution in [-0.4, -0.2) is 4.57 Å². The number of hydrogen-bond donors (Lipinski definition) is 1. The van der Waals surface area contributed by atoms with Gasteiger partial charge in [-0.2, -0.15) is 0 Å². The van der Waals surface area contributed by atoms with Gasteiger partial charge in [0, 0.05) is 44.5 Å². The molecule has 0 radical (unpaired) electrons. The number of rotatable bonds is 4. The van der Waals surface area contributed by atoms with Crippen LogP contribution in [0.3, 0.4) is 0 Å². The number of furan rings is 1. The van der Waals surface area contributed by atoms with Gasteiger partial charge in [-0.25, -0.2) is 0 Å². The molecule has 0 spiro atoms. The number of allylic oxidation sites excluding steroid dienone is 1. The highest BCUT2D eigenvalue weighted by molar-refractivity contribution is 6.05. The van der Waals surface area contributed by atoms with Crippen LogP contribution in [0.4, 0.5) is 11.4 Å². The number of nitrogens with zero attached hydrogens (tertiary/aromatic N) is 1. The van der Waals surface area contributed by atoms with Crippen molar-refractivity contribution >= 4 is 50.3 Å². The molecule has 0 aliphatic heterocycles. The minimum absolute atomic E-state index is 0.914. The Hall–Kier alpha value is -5.02. The minimum Gasteiger partial charge on any atom is -0.456 e. The van der Waals surface area contributed by atoms with Crippen molar-refractivity contribution in [2.24, 2.45) is 0 Å². The third-order valence-electron chi connectivity index (χ3n) is 7.82. The SMILES string of the molecule is C1=Cc2c(n(-c3cccc(Nc4cccc(-c5ccc6c(c5)oc5ccccc56)c4)c3)c3ccccc23)CC1. The van der Waals surface area contributed by atoms with E-state index in [0.29, 0.717) is 0 Å². The zero-order chi connectivity index (χ0) is 25.8. The first-order chi connectivity index (χ1) is 19.3. The van der Waals surface area contributed by atoms with Crippen LogP contribution in [0.25, 0.3) is 55.7 Å². The molecule has 5 aromatic carbocycles. The first-order valence-corrected chi connectivity index (χ1v) is 13.5. The minimum atomic E-state index is 0.914. The summed E-state index contributed by atoms with van der Waals surface area (Å²) in [5, 5.41) is 7.27. The van der Waals surface area contributed by atoms with Gasteiger partial charge in [0.15, 0.2) is 0 Å². The van der Waals surface area contributed by atoms with E-state index in [4.69, 9.17) is 4.42 Å². The van der Waals surface area contributed by atoms with E-state index in [1.54, 1.807) is 0 Å². The van der Waals surface area contributed by atoms with Gasteiger partial charge in [-0.15, -0.1) is 0 Å². The molecule has 2 aromatic heterocycles. The van der Waals surface area contributed by atoms with Gasteiger partial charge in [0.25, 0.3) is 0 Å². The second-order valence-corrected chi connectivity index (χ2v) is 10.2. The molecule has 186 valence electrons. The van der Waals surface area contributed by atoms with Gasteiger partial charge in [-0.3, -0.25) is 0 Å². The molecular weight excluding hydrogens is 476 g/mol. The molecule has 1 aliphatic carbocycles. The summed E-state index contributed by atoms with van der Waals surface area (Å²) in [6.07, 6.45) is 6.70. The van der Waals surface area contributed by atoms with Gasteiger partial charge in [0.1, 0.15) is 11.2 Å². The molecule has 7 aromatic rings. The molecule has 8 rings (SSSR count). The normalized spacial score (nSPS) is 12.8. The van der Waals surface area contributed by atoms with Crippen molar-refractivity contribution < 1.29 is 4.42 Å². The first kappa shape index (κ1) is 22.0. The quantitative estimate of drug-likeness (QED) is 0.260. The predicted molar refractivity (Wildman–Crippen MR) is 163 cm³/mol. The Bertz CT molecular complexity index is 2060. The fraction of sp³-hybridized carbons (Fsp3) is 0.0556. The number of benzene rings is 5. The van der Waals surface area contributed by atoms with E-state index < -0.39 is 0 Å². The maximum atomic E-state index is 6.14. The van der Waals surface area contributed by atoms with E-state index in [-0.39, 0.29) is 0 Å². The summed E-state index contributed by atoms with van der Waals surface area (Å²) in [4.78, 5) is 0. The van der Waals surface area contributed by atoms with Crippen molar-refractivity contribution in [1.82, 2.24) is 4.57 Å². The smallest absolute Gasteiger partial charge is 0.136 e. The van der Waals surface area contributed by atoms with E-state index in [9.17, 15) is 0 Å². The van der Waals surface area contributed by atoms with E-state index in [2.05, 4.69) is 125 Å².